The van der Waals surface area contributed by atoms with E-state index >= 15 is 0 Å². The molecule has 2 aliphatic heterocycles. The summed E-state index contributed by atoms with van der Waals surface area (Å²) in [6.07, 6.45) is 2.05. The van der Waals surface area contributed by atoms with Crippen LogP contribution in [0.15, 0.2) is 24.4 Å². The molecule has 1 unspecified atom stereocenters. The molecule has 2 fully saturated rings. The highest BCUT2D eigenvalue weighted by atomic mass is 32.2. The van der Waals surface area contributed by atoms with Crippen molar-refractivity contribution in [1.29, 1.82) is 0 Å². The second-order valence-electron chi connectivity index (χ2n) is 6.72. The smallest absolute Gasteiger partial charge is 0.287 e. The maximum Gasteiger partial charge on any atom is 0.287 e. The molecule has 10 heteroatoms. The van der Waals surface area contributed by atoms with Gasteiger partial charge in [-0.25, -0.2) is 13.4 Å². The van der Waals surface area contributed by atoms with E-state index in [1.54, 1.807) is 33.7 Å². The molecule has 2 aromatic heterocycles. The van der Waals surface area contributed by atoms with Crippen LogP contribution in [0.3, 0.4) is 0 Å². The summed E-state index contributed by atoms with van der Waals surface area (Å²) in [7, 11) is -3.10. The second-order valence-corrected chi connectivity index (χ2v) is 8.95. The SMILES string of the molecule is O=C(NC1CCS(=O)(=O)C1)c1nc(C(=O)N2CCOCC2)c2ccccn12. The molecule has 1 atom stereocenters. The zero-order valence-electron chi connectivity index (χ0n) is 14.6. The Hall–Kier alpha value is -2.46. The van der Waals surface area contributed by atoms with Crippen LogP contribution in [0.4, 0.5) is 0 Å². The highest BCUT2D eigenvalue weighted by molar-refractivity contribution is 7.91. The first-order valence-corrected chi connectivity index (χ1v) is 10.6. The third kappa shape index (κ3) is 3.54. The van der Waals surface area contributed by atoms with Gasteiger partial charge in [-0.1, -0.05) is 6.07 Å². The summed E-state index contributed by atoms with van der Waals surface area (Å²) in [4.78, 5) is 31.5. The van der Waals surface area contributed by atoms with Gasteiger partial charge in [0, 0.05) is 25.3 Å². The molecule has 2 aliphatic rings. The summed E-state index contributed by atoms with van der Waals surface area (Å²) < 4.78 is 30.1. The number of amides is 2. The summed E-state index contributed by atoms with van der Waals surface area (Å²) >= 11 is 0. The van der Waals surface area contributed by atoms with Gasteiger partial charge in [-0.05, 0) is 18.6 Å². The van der Waals surface area contributed by atoms with Crippen LogP contribution < -0.4 is 5.32 Å². The van der Waals surface area contributed by atoms with Crippen LogP contribution in [-0.2, 0) is 14.6 Å². The van der Waals surface area contributed by atoms with E-state index in [9.17, 15) is 18.0 Å². The predicted molar refractivity (Wildman–Crippen MR) is 96.4 cm³/mol. The molecule has 2 aromatic rings. The standard InChI is InChI=1S/C17H20N4O5S/c22-16(18-12-4-10-27(24,25)11-12)15-19-14(13-3-1-2-5-21(13)15)17(23)20-6-8-26-9-7-20/h1-3,5,12H,4,6-11H2,(H,18,22). The lowest BCUT2D eigenvalue weighted by Gasteiger charge is -2.26. The van der Waals surface area contributed by atoms with E-state index in [0.29, 0.717) is 38.2 Å². The highest BCUT2D eigenvalue weighted by Gasteiger charge is 2.31. The number of imidazole rings is 1. The zero-order chi connectivity index (χ0) is 19.0. The fourth-order valence-electron chi connectivity index (χ4n) is 3.43. The van der Waals surface area contributed by atoms with Crippen molar-refractivity contribution in [3.63, 3.8) is 0 Å². The van der Waals surface area contributed by atoms with E-state index in [1.165, 1.54) is 0 Å². The van der Waals surface area contributed by atoms with Gasteiger partial charge in [0.25, 0.3) is 11.8 Å². The van der Waals surface area contributed by atoms with Gasteiger partial charge in [-0.3, -0.25) is 14.0 Å². The molecule has 0 saturated carbocycles. The number of sulfone groups is 1. The minimum atomic E-state index is -3.10. The van der Waals surface area contributed by atoms with E-state index in [2.05, 4.69) is 10.3 Å². The molecule has 0 aliphatic carbocycles. The first-order chi connectivity index (χ1) is 12.9. The van der Waals surface area contributed by atoms with Gasteiger partial charge in [0.1, 0.15) is 0 Å². The Kier molecular flexibility index (Phi) is 4.60. The van der Waals surface area contributed by atoms with Crippen LogP contribution in [0.25, 0.3) is 5.52 Å². The number of carbonyl (C=O) groups is 2. The van der Waals surface area contributed by atoms with Gasteiger partial charge >= 0.3 is 0 Å². The molecule has 0 bridgehead atoms. The van der Waals surface area contributed by atoms with Crippen molar-refractivity contribution < 1.29 is 22.7 Å². The predicted octanol–water partition coefficient (Wildman–Crippen LogP) is -0.276. The lowest BCUT2D eigenvalue weighted by atomic mass is 10.2. The van der Waals surface area contributed by atoms with Crippen LogP contribution in [0.2, 0.25) is 0 Å². The Morgan fingerprint density at radius 2 is 2.00 bits per heavy atom. The Morgan fingerprint density at radius 3 is 2.70 bits per heavy atom. The van der Waals surface area contributed by atoms with Gasteiger partial charge in [-0.2, -0.15) is 0 Å². The number of nitrogens with one attached hydrogen (secondary N) is 1. The zero-order valence-corrected chi connectivity index (χ0v) is 15.4. The Morgan fingerprint density at radius 1 is 1.22 bits per heavy atom. The van der Waals surface area contributed by atoms with E-state index in [4.69, 9.17) is 4.74 Å². The number of fused-ring (bicyclic) bond motifs is 1. The normalized spacial score (nSPS) is 22.1. The van der Waals surface area contributed by atoms with Crippen LogP contribution in [0.1, 0.15) is 27.5 Å². The van der Waals surface area contributed by atoms with Crippen LogP contribution in [0, 0.1) is 0 Å². The third-order valence-corrected chi connectivity index (χ3v) is 6.59. The molecule has 0 radical (unpaired) electrons. The maximum absolute atomic E-state index is 12.9. The number of carbonyl (C=O) groups excluding carboxylic acids is 2. The lowest BCUT2D eigenvalue weighted by Crippen LogP contribution is -2.41. The molecule has 144 valence electrons. The molecule has 2 amide bonds. The average molecular weight is 392 g/mol. The van der Waals surface area contributed by atoms with Crippen LogP contribution in [0.5, 0.6) is 0 Å². The van der Waals surface area contributed by atoms with Crippen molar-refractivity contribution in [1.82, 2.24) is 19.6 Å². The van der Waals surface area contributed by atoms with Gasteiger partial charge in [0.15, 0.2) is 15.5 Å². The number of pyridine rings is 1. The van der Waals surface area contributed by atoms with Crippen molar-refractivity contribution in [2.45, 2.75) is 12.5 Å². The Bertz CT molecular complexity index is 994. The number of nitrogens with zero attached hydrogens (tertiary/aromatic N) is 3. The average Bonchev–Trinajstić information content (AvgIpc) is 3.22. The minimum absolute atomic E-state index is 0.0678. The molecule has 0 spiro atoms. The van der Waals surface area contributed by atoms with E-state index in [-0.39, 0.29) is 28.9 Å². The molecule has 1 N–H and O–H groups in total. The summed E-state index contributed by atoms with van der Waals surface area (Å²) in [5.41, 5.74) is 0.750. The van der Waals surface area contributed by atoms with Gasteiger partial charge < -0.3 is 15.0 Å². The van der Waals surface area contributed by atoms with Crippen LogP contribution >= 0.6 is 0 Å². The molecule has 9 nitrogen and oxygen atoms in total. The molecular weight excluding hydrogens is 372 g/mol. The Balaban J connectivity index is 1.63. The van der Waals surface area contributed by atoms with Gasteiger partial charge in [0.05, 0.1) is 30.2 Å². The lowest BCUT2D eigenvalue weighted by molar-refractivity contribution is 0.0300. The van der Waals surface area contributed by atoms with E-state index in [0.717, 1.165) is 0 Å². The largest absolute Gasteiger partial charge is 0.378 e. The first-order valence-electron chi connectivity index (χ1n) is 8.80. The molecule has 27 heavy (non-hydrogen) atoms. The van der Waals surface area contributed by atoms with E-state index in [1.807, 2.05) is 0 Å². The van der Waals surface area contributed by atoms with Crippen molar-refractivity contribution in [3.05, 3.63) is 35.9 Å². The molecule has 0 aromatic carbocycles. The summed E-state index contributed by atoms with van der Waals surface area (Å²) in [6, 6.07) is 4.82. The quantitative estimate of drug-likeness (QED) is 0.770. The monoisotopic (exact) mass is 392 g/mol. The van der Waals surface area contributed by atoms with Crippen molar-refractivity contribution in [2.75, 3.05) is 37.8 Å². The summed E-state index contributed by atoms with van der Waals surface area (Å²) in [6.45, 7) is 1.90. The van der Waals surface area contributed by atoms with Crippen molar-refractivity contribution >= 4 is 27.2 Å². The third-order valence-electron chi connectivity index (χ3n) is 4.82. The number of hydrogen-bond acceptors (Lipinski definition) is 6. The Labute approximate surface area is 156 Å². The summed E-state index contributed by atoms with van der Waals surface area (Å²) in [5.74, 6) is -0.654. The summed E-state index contributed by atoms with van der Waals surface area (Å²) in [5, 5.41) is 2.73. The van der Waals surface area contributed by atoms with E-state index < -0.39 is 21.8 Å². The van der Waals surface area contributed by atoms with Gasteiger partial charge in [-0.15, -0.1) is 0 Å². The molecule has 2 saturated heterocycles. The number of ether oxygens (including phenoxy) is 1. The number of aromatic nitrogens is 2. The maximum atomic E-state index is 12.9. The highest BCUT2D eigenvalue weighted by Crippen LogP contribution is 2.17. The topological polar surface area (TPSA) is 110 Å². The molecular formula is C17H20N4O5S. The van der Waals surface area contributed by atoms with Crippen LogP contribution in [-0.4, -0.2) is 78.4 Å². The second kappa shape index (κ2) is 6.93. The first kappa shape index (κ1) is 17.9. The number of rotatable bonds is 3. The fraction of sp³-hybridized carbons (Fsp3) is 0.471. The van der Waals surface area contributed by atoms with Crippen molar-refractivity contribution in [2.24, 2.45) is 0 Å². The van der Waals surface area contributed by atoms with Gasteiger partial charge in [0.2, 0.25) is 5.82 Å². The van der Waals surface area contributed by atoms with Crippen molar-refractivity contribution in [3.8, 4) is 0 Å². The minimum Gasteiger partial charge on any atom is -0.378 e. The number of hydrogen-bond donors (Lipinski definition) is 1. The molecule has 4 heterocycles. The molecule has 4 rings (SSSR count). The number of morpholine rings is 1. The fourth-order valence-corrected chi connectivity index (χ4v) is 5.10.